The number of fused-ring (bicyclic) bond motifs is 1. The lowest BCUT2D eigenvalue weighted by molar-refractivity contribution is 0.603. The second kappa shape index (κ2) is 4.69. The minimum Gasteiger partial charge on any atom is -0.371 e. The fourth-order valence-corrected chi connectivity index (χ4v) is 3.19. The van der Waals surface area contributed by atoms with Crippen LogP contribution in [-0.4, -0.2) is 25.7 Å². The molecule has 0 amide bonds. The Balaban J connectivity index is 1.75. The highest BCUT2D eigenvalue weighted by molar-refractivity contribution is 5.59. The van der Waals surface area contributed by atoms with Crippen molar-refractivity contribution in [2.75, 3.05) is 24.5 Å². The first-order valence-corrected chi connectivity index (χ1v) is 6.97. The van der Waals surface area contributed by atoms with Crippen molar-refractivity contribution >= 4 is 5.69 Å². The zero-order chi connectivity index (χ0) is 11.7. The van der Waals surface area contributed by atoms with E-state index in [1.807, 2.05) is 0 Å². The molecule has 2 aliphatic heterocycles. The van der Waals surface area contributed by atoms with Gasteiger partial charge in [-0.05, 0) is 56.3 Å². The Morgan fingerprint density at radius 1 is 1.41 bits per heavy atom. The largest absolute Gasteiger partial charge is 0.371 e. The molecular weight excluding hydrogens is 208 g/mol. The van der Waals surface area contributed by atoms with E-state index in [-0.39, 0.29) is 0 Å². The maximum absolute atomic E-state index is 3.58. The highest BCUT2D eigenvalue weighted by Crippen LogP contribution is 2.29. The maximum atomic E-state index is 3.58. The van der Waals surface area contributed by atoms with Crippen LogP contribution >= 0.6 is 0 Å². The van der Waals surface area contributed by atoms with Gasteiger partial charge in [-0.3, -0.25) is 0 Å². The van der Waals surface area contributed by atoms with Gasteiger partial charge in [-0.25, -0.2) is 0 Å². The third-order valence-corrected chi connectivity index (χ3v) is 4.16. The third-order valence-electron chi connectivity index (χ3n) is 4.16. The fourth-order valence-electron chi connectivity index (χ4n) is 3.19. The van der Waals surface area contributed by atoms with Gasteiger partial charge in [0.1, 0.15) is 0 Å². The number of likely N-dealkylation sites (N-methyl/N-ethyl adjacent to an activating group) is 1. The van der Waals surface area contributed by atoms with Gasteiger partial charge in [0.05, 0.1) is 0 Å². The van der Waals surface area contributed by atoms with Gasteiger partial charge >= 0.3 is 0 Å². The molecule has 17 heavy (non-hydrogen) atoms. The summed E-state index contributed by atoms with van der Waals surface area (Å²) in [5.74, 6) is 0. The molecule has 0 saturated carbocycles. The van der Waals surface area contributed by atoms with Crippen LogP contribution in [0.25, 0.3) is 0 Å². The Bertz CT molecular complexity index is 394. The van der Waals surface area contributed by atoms with Gasteiger partial charge < -0.3 is 10.2 Å². The van der Waals surface area contributed by atoms with Crippen LogP contribution in [0.3, 0.4) is 0 Å². The van der Waals surface area contributed by atoms with Crippen LogP contribution in [0.5, 0.6) is 0 Å². The second-order valence-electron chi connectivity index (χ2n) is 5.29. The van der Waals surface area contributed by atoms with Gasteiger partial charge in [-0.1, -0.05) is 12.1 Å². The summed E-state index contributed by atoms with van der Waals surface area (Å²) < 4.78 is 0. The van der Waals surface area contributed by atoms with E-state index in [0.717, 1.165) is 12.6 Å². The summed E-state index contributed by atoms with van der Waals surface area (Å²) in [6.07, 6.45) is 5.13. The molecule has 1 saturated heterocycles. The molecule has 1 fully saturated rings. The summed E-state index contributed by atoms with van der Waals surface area (Å²) in [6, 6.07) is 7.81. The van der Waals surface area contributed by atoms with Crippen molar-refractivity contribution in [3.05, 3.63) is 29.3 Å². The molecule has 1 aromatic rings. The van der Waals surface area contributed by atoms with Crippen LogP contribution in [-0.2, 0) is 12.8 Å². The van der Waals surface area contributed by atoms with Crippen LogP contribution in [0.1, 0.15) is 30.9 Å². The molecule has 0 radical (unpaired) electrons. The Hall–Kier alpha value is -1.02. The molecule has 1 N–H and O–H groups in total. The smallest absolute Gasteiger partial charge is 0.0399 e. The van der Waals surface area contributed by atoms with Crippen molar-refractivity contribution in [2.45, 2.75) is 38.6 Å². The lowest BCUT2D eigenvalue weighted by Gasteiger charge is -2.17. The monoisotopic (exact) mass is 230 g/mol. The molecule has 0 aromatic heterocycles. The number of nitrogens with zero attached hydrogens (tertiary/aromatic N) is 1. The van der Waals surface area contributed by atoms with Crippen LogP contribution in [0.15, 0.2) is 18.2 Å². The second-order valence-corrected chi connectivity index (χ2v) is 5.29. The summed E-state index contributed by atoms with van der Waals surface area (Å²) in [6.45, 7) is 5.79. The summed E-state index contributed by atoms with van der Waals surface area (Å²) >= 11 is 0. The maximum Gasteiger partial charge on any atom is 0.0399 e. The van der Waals surface area contributed by atoms with E-state index in [2.05, 4.69) is 35.3 Å². The lowest BCUT2D eigenvalue weighted by atomic mass is 10.0. The van der Waals surface area contributed by atoms with Crippen molar-refractivity contribution in [1.82, 2.24) is 5.32 Å². The quantitative estimate of drug-likeness (QED) is 0.857. The van der Waals surface area contributed by atoms with E-state index >= 15 is 0 Å². The SMILES string of the molecule is CCN1CCc2cc(CC3CCCN3)ccc21. The molecular formula is C15H22N2. The molecule has 2 nitrogen and oxygen atoms in total. The standard InChI is InChI=1S/C15H22N2/c1-2-17-9-7-13-10-12(5-6-15(13)17)11-14-4-3-8-16-14/h5-6,10,14,16H,2-4,7-9,11H2,1H3. The summed E-state index contributed by atoms with van der Waals surface area (Å²) in [7, 11) is 0. The molecule has 2 heterocycles. The number of hydrogen-bond acceptors (Lipinski definition) is 2. The minimum atomic E-state index is 0.719. The lowest BCUT2D eigenvalue weighted by Crippen LogP contribution is -2.23. The van der Waals surface area contributed by atoms with Gasteiger partial charge in [-0.15, -0.1) is 0 Å². The number of anilines is 1. The predicted molar refractivity (Wildman–Crippen MR) is 72.8 cm³/mol. The van der Waals surface area contributed by atoms with E-state index in [1.165, 1.54) is 50.0 Å². The highest BCUT2D eigenvalue weighted by Gasteiger charge is 2.19. The zero-order valence-corrected chi connectivity index (χ0v) is 10.7. The van der Waals surface area contributed by atoms with Crippen LogP contribution in [0.2, 0.25) is 0 Å². The highest BCUT2D eigenvalue weighted by atomic mass is 15.1. The van der Waals surface area contributed by atoms with E-state index in [4.69, 9.17) is 0 Å². The number of benzene rings is 1. The molecule has 0 aliphatic carbocycles. The molecule has 2 aliphatic rings. The summed E-state index contributed by atoms with van der Waals surface area (Å²) in [5, 5.41) is 3.58. The molecule has 2 heteroatoms. The molecule has 0 spiro atoms. The van der Waals surface area contributed by atoms with Crippen molar-refractivity contribution in [1.29, 1.82) is 0 Å². The van der Waals surface area contributed by atoms with Gasteiger partial charge in [0, 0.05) is 24.8 Å². The minimum absolute atomic E-state index is 0.719. The van der Waals surface area contributed by atoms with Crippen LogP contribution in [0, 0.1) is 0 Å². The molecule has 1 aromatic carbocycles. The van der Waals surface area contributed by atoms with Crippen molar-refractivity contribution in [2.24, 2.45) is 0 Å². The molecule has 1 atom stereocenters. The van der Waals surface area contributed by atoms with Crippen LogP contribution < -0.4 is 10.2 Å². The molecule has 1 unspecified atom stereocenters. The number of nitrogens with one attached hydrogen (secondary N) is 1. The molecule has 0 bridgehead atoms. The first-order valence-electron chi connectivity index (χ1n) is 6.97. The van der Waals surface area contributed by atoms with Gasteiger partial charge in [0.2, 0.25) is 0 Å². The fraction of sp³-hybridized carbons (Fsp3) is 0.600. The molecule has 92 valence electrons. The van der Waals surface area contributed by atoms with Crippen molar-refractivity contribution < 1.29 is 0 Å². The van der Waals surface area contributed by atoms with Gasteiger partial charge in [0.15, 0.2) is 0 Å². The normalized spacial score (nSPS) is 23.1. The van der Waals surface area contributed by atoms with Crippen molar-refractivity contribution in [3.63, 3.8) is 0 Å². The number of rotatable bonds is 3. The Kier molecular flexibility index (Phi) is 3.06. The average molecular weight is 230 g/mol. The first-order chi connectivity index (χ1) is 8.36. The van der Waals surface area contributed by atoms with Gasteiger partial charge in [0.25, 0.3) is 0 Å². The topological polar surface area (TPSA) is 15.3 Å². The summed E-state index contributed by atoms with van der Waals surface area (Å²) in [4.78, 5) is 2.48. The zero-order valence-electron chi connectivity index (χ0n) is 10.7. The first kappa shape index (κ1) is 11.1. The van der Waals surface area contributed by atoms with E-state index in [9.17, 15) is 0 Å². The number of hydrogen-bond donors (Lipinski definition) is 1. The Morgan fingerprint density at radius 2 is 2.35 bits per heavy atom. The van der Waals surface area contributed by atoms with E-state index in [0.29, 0.717) is 0 Å². The Labute approximate surface area is 104 Å². The Morgan fingerprint density at radius 3 is 3.12 bits per heavy atom. The predicted octanol–water partition coefficient (Wildman–Crippen LogP) is 2.36. The van der Waals surface area contributed by atoms with Crippen molar-refractivity contribution in [3.8, 4) is 0 Å². The molecule has 3 rings (SSSR count). The van der Waals surface area contributed by atoms with E-state index < -0.39 is 0 Å². The summed E-state index contributed by atoms with van der Waals surface area (Å²) in [5.41, 5.74) is 4.54. The van der Waals surface area contributed by atoms with E-state index in [1.54, 1.807) is 5.56 Å². The van der Waals surface area contributed by atoms with Crippen LogP contribution in [0.4, 0.5) is 5.69 Å². The average Bonchev–Trinajstić information content (AvgIpc) is 2.97. The van der Waals surface area contributed by atoms with Gasteiger partial charge in [-0.2, -0.15) is 0 Å². The third kappa shape index (κ3) is 2.19.